The maximum atomic E-state index is 12.2. The van der Waals surface area contributed by atoms with Gasteiger partial charge in [-0.15, -0.1) is 11.3 Å². The summed E-state index contributed by atoms with van der Waals surface area (Å²) in [5.74, 6) is -0.181. The van der Waals surface area contributed by atoms with Crippen molar-refractivity contribution in [2.45, 2.75) is 13.3 Å². The number of nitro groups is 1. The van der Waals surface area contributed by atoms with Crippen LogP contribution in [-0.4, -0.2) is 20.2 Å². The molecule has 0 saturated carbocycles. The second-order valence-electron chi connectivity index (χ2n) is 6.38. The van der Waals surface area contributed by atoms with Gasteiger partial charge in [-0.25, -0.2) is 4.98 Å². The van der Waals surface area contributed by atoms with Gasteiger partial charge in [0.2, 0.25) is 5.91 Å². The van der Waals surface area contributed by atoms with Crippen LogP contribution in [0.3, 0.4) is 0 Å². The average molecular weight is 392 g/mol. The maximum Gasteiger partial charge on any atom is 0.269 e. The van der Waals surface area contributed by atoms with Crippen LogP contribution in [0, 0.1) is 17.0 Å². The molecule has 1 N–H and O–H groups in total. The van der Waals surface area contributed by atoms with Gasteiger partial charge in [0.1, 0.15) is 0 Å². The fourth-order valence-electron chi connectivity index (χ4n) is 2.88. The number of nitrogens with one attached hydrogen (secondary N) is 1. The van der Waals surface area contributed by atoms with Gasteiger partial charge in [-0.2, -0.15) is 0 Å². The third kappa shape index (κ3) is 3.63. The van der Waals surface area contributed by atoms with Gasteiger partial charge in [0, 0.05) is 40.7 Å². The first-order valence-corrected chi connectivity index (χ1v) is 9.44. The molecule has 2 aromatic heterocycles. The Morgan fingerprint density at radius 2 is 1.89 bits per heavy atom. The number of hydrogen-bond donors (Lipinski definition) is 1. The Kier molecular flexibility index (Phi) is 4.62. The summed E-state index contributed by atoms with van der Waals surface area (Å²) in [6.07, 6.45) is 2.15. The summed E-state index contributed by atoms with van der Waals surface area (Å²) in [5.41, 5.74) is 4.42. The SMILES string of the molecule is Cc1csc2nc(-c3ccc(NC(=O)Cc4ccc([N+](=O)[O-])cc4)cc3)cn12. The minimum Gasteiger partial charge on any atom is -0.326 e. The molecule has 0 bridgehead atoms. The minimum absolute atomic E-state index is 0.00842. The summed E-state index contributed by atoms with van der Waals surface area (Å²) in [5, 5.41) is 15.6. The smallest absolute Gasteiger partial charge is 0.269 e. The molecule has 0 radical (unpaired) electrons. The number of hydrogen-bond acceptors (Lipinski definition) is 5. The molecule has 8 heteroatoms. The zero-order valence-corrected chi connectivity index (χ0v) is 15.8. The van der Waals surface area contributed by atoms with Gasteiger partial charge in [0.15, 0.2) is 4.96 Å². The molecule has 0 aliphatic carbocycles. The van der Waals surface area contributed by atoms with Crippen molar-refractivity contribution in [1.29, 1.82) is 0 Å². The Hall–Kier alpha value is -3.52. The number of aromatic nitrogens is 2. The van der Waals surface area contributed by atoms with Crippen LogP contribution in [0.15, 0.2) is 60.1 Å². The van der Waals surface area contributed by atoms with Crippen LogP contribution in [0.4, 0.5) is 11.4 Å². The van der Waals surface area contributed by atoms with E-state index in [-0.39, 0.29) is 18.0 Å². The first-order chi connectivity index (χ1) is 13.5. The number of thiazole rings is 1. The number of fused-ring (bicyclic) bond motifs is 1. The van der Waals surface area contributed by atoms with Crippen molar-refractivity contribution in [1.82, 2.24) is 9.38 Å². The van der Waals surface area contributed by atoms with Gasteiger partial charge in [-0.05, 0) is 24.6 Å². The highest BCUT2D eigenvalue weighted by Gasteiger charge is 2.10. The molecular formula is C20H16N4O3S. The Balaban J connectivity index is 1.42. The van der Waals surface area contributed by atoms with E-state index in [1.165, 1.54) is 12.1 Å². The topological polar surface area (TPSA) is 89.5 Å². The van der Waals surface area contributed by atoms with Crippen molar-refractivity contribution in [3.05, 3.63) is 81.5 Å². The summed E-state index contributed by atoms with van der Waals surface area (Å²) in [6, 6.07) is 13.5. The summed E-state index contributed by atoms with van der Waals surface area (Å²) in [7, 11) is 0. The number of nitro benzene ring substituents is 1. The van der Waals surface area contributed by atoms with Crippen LogP contribution in [0.1, 0.15) is 11.3 Å². The van der Waals surface area contributed by atoms with Crippen molar-refractivity contribution in [3.8, 4) is 11.3 Å². The minimum atomic E-state index is -0.462. The maximum absolute atomic E-state index is 12.2. The van der Waals surface area contributed by atoms with E-state index < -0.39 is 4.92 Å². The number of non-ortho nitro benzene ring substituents is 1. The highest BCUT2D eigenvalue weighted by atomic mass is 32.1. The standard InChI is InChI=1S/C20H16N4O3S/c1-13-12-28-20-22-18(11-23(13)20)15-4-6-16(7-5-15)21-19(25)10-14-2-8-17(9-3-14)24(26)27/h2-9,11-12H,10H2,1H3,(H,21,25). The lowest BCUT2D eigenvalue weighted by atomic mass is 10.1. The van der Waals surface area contributed by atoms with E-state index in [1.54, 1.807) is 23.5 Å². The highest BCUT2D eigenvalue weighted by molar-refractivity contribution is 7.15. The molecule has 0 fully saturated rings. The van der Waals surface area contributed by atoms with Gasteiger partial charge in [0.25, 0.3) is 5.69 Å². The molecule has 0 atom stereocenters. The molecule has 2 heterocycles. The van der Waals surface area contributed by atoms with Crippen molar-refractivity contribution < 1.29 is 9.72 Å². The van der Waals surface area contributed by atoms with Crippen LogP contribution in [0.25, 0.3) is 16.2 Å². The summed E-state index contributed by atoms with van der Waals surface area (Å²) < 4.78 is 2.06. The molecule has 0 aliphatic rings. The zero-order chi connectivity index (χ0) is 19.7. The molecule has 0 saturated heterocycles. The summed E-state index contributed by atoms with van der Waals surface area (Å²) in [4.78, 5) is 28.0. The number of anilines is 1. The quantitative estimate of drug-likeness (QED) is 0.401. The van der Waals surface area contributed by atoms with E-state index in [0.29, 0.717) is 11.3 Å². The van der Waals surface area contributed by atoms with Gasteiger partial charge >= 0.3 is 0 Å². The number of imidazole rings is 1. The summed E-state index contributed by atoms with van der Waals surface area (Å²) >= 11 is 1.60. The predicted octanol–water partition coefficient (Wildman–Crippen LogP) is 4.46. The Morgan fingerprint density at radius 3 is 2.54 bits per heavy atom. The average Bonchev–Trinajstić information content (AvgIpc) is 3.25. The Bertz CT molecular complexity index is 1160. The molecule has 28 heavy (non-hydrogen) atoms. The number of aryl methyl sites for hydroxylation is 1. The van der Waals surface area contributed by atoms with E-state index >= 15 is 0 Å². The zero-order valence-electron chi connectivity index (χ0n) is 15.0. The van der Waals surface area contributed by atoms with Crippen LogP contribution in [0.2, 0.25) is 0 Å². The number of carbonyl (C=O) groups excluding carboxylic acids is 1. The number of benzene rings is 2. The summed E-state index contributed by atoms with van der Waals surface area (Å²) in [6.45, 7) is 2.04. The molecule has 1 amide bonds. The van der Waals surface area contributed by atoms with E-state index in [2.05, 4.69) is 20.1 Å². The first-order valence-electron chi connectivity index (χ1n) is 8.56. The third-order valence-electron chi connectivity index (χ3n) is 4.36. The third-order valence-corrected chi connectivity index (χ3v) is 5.32. The number of nitrogens with zero attached hydrogens (tertiary/aromatic N) is 3. The van der Waals surface area contributed by atoms with Gasteiger partial charge < -0.3 is 5.32 Å². The lowest BCUT2D eigenvalue weighted by Gasteiger charge is -2.06. The highest BCUT2D eigenvalue weighted by Crippen LogP contribution is 2.24. The van der Waals surface area contributed by atoms with E-state index in [9.17, 15) is 14.9 Å². The van der Waals surface area contributed by atoms with E-state index in [4.69, 9.17) is 0 Å². The van der Waals surface area contributed by atoms with Crippen LogP contribution in [0.5, 0.6) is 0 Å². The first kappa shape index (κ1) is 17.9. The molecule has 7 nitrogen and oxygen atoms in total. The van der Waals surface area contributed by atoms with Crippen molar-refractivity contribution in [2.75, 3.05) is 5.32 Å². The predicted molar refractivity (Wildman–Crippen MR) is 109 cm³/mol. The molecule has 140 valence electrons. The van der Waals surface area contributed by atoms with Gasteiger partial charge in [0.05, 0.1) is 17.0 Å². The molecule has 0 unspecified atom stereocenters. The monoisotopic (exact) mass is 392 g/mol. The van der Waals surface area contributed by atoms with Gasteiger partial charge in [-0.1, -0.05) is 24.3 Å². The molecule has 0 spiro atoms. The fraction of sp³-hybridized carbons (Fsp3) is 0.100. The normalized spacial score (nSPS) is 10.9. The number of carbonyl (C=O) groups is 1. The van der Waals surface area contributed by atoms with Crippen molar-refractivity contribution >= 4 is 33.6 Å². The molecule has 4 rings (SSSR count). The van der Waals surface area contributed by atoms with Crippen LogP contribution < -0.4 is 5.32 Å². The molecular weight excluding hydrogens is 376 g/mol. The molecule has 4 aromatic rings. The number of amides is 1. The second-order valence-corrected chi connectivity index (χ2v) is 7.22. The molecule has 0 aliphatic heterocycles. The lowest BCUT2D eigenvalue weighted by molar-refractivity contribution is -0.384. The largest absolute Gasteiger partial charge is 0.326 e. The number of rotatable bonds is 5. The van der Waals surface area contributed by atoms with E-state index in [1.807, 2.05) is 37.4 Å². The Labute approximate surface area is 164 Å². The van der Waals surface area contributed by atoms with Crippen molar-refractivity contribution in [2.24, 2.45) is 0 Å². The fourth-order valence-corrected chi connectivity index (χ4v) is 3.73. The van der Waals surface area contributed by atoms with Crippen molar-refractivity contribution in [3.63, 3.8) is 0 Å². The van der Waals surface area contributed by atoms with Crippen LogP contribution >= 0.6 is 11.3 Å². The second kappa shape index (κ2) is 7.24. The Morgan fingerprint density at radius 1 is 1.18 bits per heavy atom. The van der Waals surface area contributed by atoms with Crippen LogP contribution in [-0.2, 0) is 11.2 Å². The lowest BCUT2D eigenvalue weighted by Crippen LogP contribution is -2.14. The van der Waals surface area contributed by atoms with E-state index in [0.717, 1.165) is 21.9 Å². The molecule has 2 aromatic carbocycles. The van der Waals surface area contributed by atoms with Gasteiger partial charge in [-0.3, -0.25) is 19.3 Å².